The van der Waals surface area contributed by atoms with Gasteiger partial charge < -0.3 is 19.1 Å². The molecule has 31 heavy (non-hydrogen) atoms. The molecule has 0 saturated carbocycles. The predicted octanol–water partition coefficient (Wildman–Crippen LogP) is 2.72. The zero-order valence-corrected chi connectivity index (χ0v) is 18.4. The first kappa shape index (κ1) is 20.6. The summed E-state index contributed by atoms with van der Waals surface area (Å²) in [6.07, 6.45) is 5.73. The summed E-state index contributed by atoms with van der Waals surface area (Å²) < 4.78 is 16.5. The van der Waals surface area contributed by atoms with Crippen molar-refractivity contribution >= 4 is 11.9 Å². The van der Waals surface area contributed by atoms with E-state index in [2.05, 4.69) is 9.80 Å². The van der Waals surface area contributed by atoms with E-state index < -0.39 is 0 Å². The molecule has 4 fully saturated rings. The van der Waals surface area contributed by atoms with E-state index in [1.807, 2.05) is 0 Å². The molecule has 1 amide bonds. The molecule has 168 valence electrons. The van der Waals surface area contributed by atoms with Gasteiger partial charge in [-0.05, 0) is 55.7 Å². The summed E-state index contributed by atoms with van der Waals surface area (Å²) in [5.41, 5.74) is 0.475. The lowest BCUT2D eigenvalue weighted by Crippen LogP contribution is -2.65. The Balaban J connectivity index is 1.25. The van der Waals surface area contributed by atoms with E-state index in [9.17, 15) is 9.59 Å². The molecule has 4 saturated heterocycles. The lowest BCUT2D eigenvalue weighted by Gasteiger charge is -2.57. The predicted molar refractivity (Wildman–Crippen MR) is 114 cm³/mol. The quantitative estimate of drug-likeness (QED) is 0.687. The molecule has 0 aromatic heterocycles. The van der Waals surface area contributed by atoms with Crippen molar-refractivity contribution in [1.29, 1.82) is 0 Å². The average molecular weight is 429 g/mol. The van der Waals surface area contributed by atoms with Crippen molar-refractivity contribution in [3.63, 3.8) is 0 Å². The fourth-order valence-corrected chi connectivity index (χ4v) is 6.34. The highest BCUT2D eigenvalue weighted by molar-refractivity contribution is 5.90. The zero-order valence-electron chi connectivity index (χ0n) is 18.4. The molecule has 0 aliphatic carbocycles. The molecule has 4 heterocycles. The van der Waals surface area contributed by atoms with Crippen molar-refractivity contribution < 1.29 is 23.8 Å². The molecule has 0 unspecified atom stereocenters. The third kappa shape index (κ3) is 3.77. The van der Waals surface area contributed by atoms with Crippen LogP contribution in [-0.4, -0.2) is 73.7 Å². The van der Waals surface area contributed by atoms with E-state index in [0.29, 0.717) is 53.3 Å². The van der Waals surface area contributed by atoms with E-state index in [0.717, 1.165) is 45.3 Å². The molecule has 0 spiro atoms. The summed E-state index contributed by atoms with van der Waals surface area (Å²) in [7, 11) is 3.13. The number of hydrogen-bond donors (Lipinski definition) is 0. The molecule has 1 aromatic rings. The minimum Gasteiger partial charge on any atom is -0.493 e. The normalized spacial score (nSPS) is 32.6. The molecule has 5 atom stereocenters. The number of methoxy groups -OCH3 is 2. The van der Waals surface area contributed by atoms with Gasteiger partial charge in [-0.25, -0.2) is 4.79 Å². The Morgan fingerprint density at radius 1 is 1.00 bits per heavy atom. The molecule has 1 aromatic carbocycles. The number of ether oxygens (including phenoxy) is 3. The van der Waals surface area contributed by atoms with Gasteiger partial charge in [0.25, 0.3) is 0 Å². The largest absolute Gasteiger partial charge is 0.493 e. The maximum atomic E-state index is 12.8. The van der Waals surface area contributed by atoms with Crippen LogP contribution in [0, 0.1) is 11.8 Å². The molecule has 2 bridgehead atoms. The summed E-state index contributed by atoms with van der Waals surface area (Å²) in [6.45, 7) is 2.91. The SMILES string of the molecule is COc1ccc(C(=O)O[C@H]2CCN3C[C@@H]4C[C@@H](CN5C(=O)CCC[C@H]45)[C@@H]3C2)cc1OC. The van der Waals surface area contributed by atoms with Crippen molar-refractivity contribution in [2.75, 3.05) is 33.9 Å². The Morgan fingerprint density at radius 3 is 2.61 bits per heavy atom. The van der Waals surface area contributed by atoms with Crippen LogP contribution in [0.1, 0.15) is 48.9 Å². The topological polar surface area (TPSA) is 68.3 Å². The second-order valence-electron chi connectivity index (χ2n) is 9.45. The molecule has 4 aliphatic heterocycles. The van der Waals surface area contributed by atoms with Crippen molar-refractivity contribution in [2.24, 2.45) is 11.8 Å². The molecule has 7 heteroatoms. The van der Waals surface area contributed by atoms with E-state index in [-0.39, 0.29) is 12.1 Å². The van der Waals surface area contributed by atoms with Gasteiger partial charge in [0.1, 0.15) is 6.10 Å². The fraction of sp³-hybridized carbons (Fsp3) is 0.667. The van der Waals surface area contributed by atoms with Gasteiger partial charge in [0, 0.05) is 44.6 Å². The van der Waals surface area contributed by atoms with Crippen LogP contribution in [0.25, 0.3) is 0 Å². The van der Waals surface area contributed by atoms with Crippen LogP contribution in [-0.2, 0) is 9.53 Å². The van der Waals surface area contributed by atoms with E-state index in [4.69, 9.17) is 14.2 Å². The van der Waals surface area contributed by atoms with E-state index >= 15 is 0 Å². The van der Waals surface area contributed by atoms with Gasteiger partial charge in [-0.1, -0.05) is 0 Å². The number of fused-ring (bicyclic) bond motifs is 6. The van der Waals surface area contributed by atoms with Gasteiger partial charge in [0.15, 0.2) is 11.5 Å². The van der Waals surface area contributed by atoms with Crippen LogP contribution >= 0.6 is 0 Å². The molecule has 4 aliphatic rings. The van der Waals surface area contributed by atoms with Crippen molar-refractivity contribution in [1.82, 2.24) is 9.80 Å². The maximum absolute atomic E-state index is 12.8. The number of benzene rings is 1. The monoisotopic (exact) mass is 428 g/mol. The van der Waals surface area contributed by atoms with Crippen LogP contribution in [0.5, 0.6) is 11.5 Å². The molecular formula is C24H32N2O5. The summed E-state index contributed by atoms with van der Waals surface area (Å²) in [6, 6.07) is 5.95. The van der Waals surface area contributed by atoms with Gasteiger partial charge >= 0.3 is 5.97 Å². The van der Waals surface area contributed by atoms with Gasteiger partial charge in [0.2, 0.25) is 5.91 Å². The summed E-state index contributed by atoms with van der Waals surface area (Å²) >= 11 is 0. The number of amides is 1. The molecular weight excluding hydrogens is 396 g/mol. The summed E-state index contributed by atoms with van der Waals surface area (Å²) in [4.78, 5) is 30.1. The molecule has 0 N–H and O–H groups in total. The van der Waals surface area contributed by atoms with Crippen LogP contribution in [0.3, 0.4) is 0 Å². The van der Waals surface area contributed by atoms with E-state index in [1.54, 1.807) is 32.4 Å². The first-order chi connectivity index (χ1) is 15.1. The Bertz CT molecular complexity index is 858. The van der Waals surface area contributed by atoms with Crippen LogP contribution < -0.4 is 9.47 Å². The van der Waals surface area contributed by atoms with Crippen LogP contribution in [0.15, 0.2) is 18.2 Å². The third-order valence-corrected chi connectivity index (χ3v) is 7.81. The highest BCUT2D eigenvalue weighted by Crippen LogP contribution is 2.43. The van der Waals surface area contributed by atoms with Gasteiger partial charge in [-0.3, -0.25) is 9.69 Å². The molecule has 7 nitrogen and oxygen atoms in total. The maximum Gasteiger partial charge on any atom is 0.338 e. The Morgan fingerprint density at radius 2 is 1.81 bits per heavy atom. The highest BCUT2D eigenvalue weighted by Gasteiger charge is 2.49. The minimum atomic E-state index is -0.317. The zero-order chi connectivity index (χ0) is 21.5. The van der Waals surface area contributed by atoms with E-state index in [1.165, 1.54) is 6.42 Å². The summed E-state index contributed by atoms with van der Waals surface area (Å²) in [5.74, 6) is 2.22. The number of carbonyl (C=O) groups is 2. The van der Waals surface area contributed by atoms with Crippen molar-refractivity contribution in [3.8, 4) is 11.5 Å². The molecule has 5 rings (SSSR count). The van der Waals surface area contributed by atoms with Gasteiger partial charge in [-0.15, -0.1) is 0 Å². The minimum absolute atomic E-state index is 0.0897. The van der Waals surface area contributed by atoms with Gasteiger partial charge in [0.05, 0.1) is 19.8 Å². The third-order valence-electron chi connectivity index (χ3n) is 7.81. The number of nitrogens with zero attached hydrogens (tertiary/aromatic N) is 2. The van der Waals surface area contributed by atoms with Crippen LogP contribution in [0.4, 0.5) is 0 Å². The second-order valence-corrected chi connectivity index (χ2v) is 9.45. The summed E-state index contributed by atoms with van der Waals surface area (Å²) in [5, 5.41) is 0. The highest BCUT2D eigenvalue weighted by atomic mass is 16.5. The number of hydrogen-bond acceptors (Lipinski definition) is 6. The van der Waals surface area contributed by atoms with Crippen molar-refractivity contribution in [3.05, 3.63) is 23.8 Å². The van der Waals surface area contributed by atoms with Crippen molar-refractivity contribution in [2.45, 2.75) is 56.7 Å². The molecule has 0 radical (unpaired) electrons. The second kappa shape index (κ2) is 8.34. The van der Waals surface area contributed by atoms with Gasteiger partial charge in [-0.2, -0.15) is 0 Å². The smallest absolute Gasteiger partial charge is 0.338 e. The first-order valence-electron chi connectivity index (χ1n) is 11.5. The fourth-order valence-electron chi connectivity index (χ4n) is 6.34. The number of piperidine rings is 4. The number of esters is 1. The Labute approximate surface area is 183 Å². The Kier molecular flexibility index (Phi) is 5.54. The first-order valence-corrected chi connectivity index (χ1v) is 11.5. The number of carbonyl (C=O) groups excluding carboxylic acids is 2. The standard InChI is InChI=1S/C24H32N2O5/c1-29-21-7-6-15(11-22(21)30-2)24(28)31-18-8-9-25-13-16-10-17(20(25)12-18)14-26-19(16)4-3-5-23(26)27/h6-7,11,16-20H,3-5,8-10,12-14H2,1-2H3/t16-,17-,18-,19+,20-/m0/s1. The lowest BCUT2D eigenvalue weighted by atomic mass is 9.70. The number of rotatable bonds is 4. The lowest BCUT2D eigenvalue weighted by molar-refractivity contribution is -0.150. The average Bonchev–Trinajstić information content (AvgIpc) is 2.79. The van der Waals surface area contributed by atoms with Crippen LogP contribution in [0.2, 0.25) is 0 Å². The Hall–Kier alpha value is -2.28.